The summed E-state index contributed by atoms with van der Waals surface area (Å²) < 4.78 is 0. The zero-order valence-corrected chi connectivity index (χ0v) is 12.2. The van der Waals surface area contributed by atoms with Crippen LogP contribution in [0.5, 0.6) is 0 Å². The molecule has 0 spiro atoms. The summed E-state index contributed by atoms with van der Waals surface area (Å²) in [6.07, 6.45) is 1.17. The Balaban J connectivity index is 2.00. The quantitative estimate of drug-likeness (QED) is 0.791. The van der Waals surface area contributed by atoms with Crippen LogP contribution in [0.15, 0.2) is 18.2 Å². The van der Waals surface area contributed by atoms with E-state index in [9.17, 15) is 19.8 Å². The number of carboxylic acid groups (broad SMARTS) is 1. The summed E-state index contributed by atoms with van der Waals surface area (Å²) in [5.74, 6) is -0.758. The fraction of sp³-hybridized carbons (Fsp3) is 0.467. The van der Waals surface area contributed by atoms with Crippen LogP contribution in [0.2, 0.25) is 0 Å². The summed E-state index contributed by atoms with van der Waals surface area (Å²) in [5, 5.41) is 21.0. The van der Waals surface area contributed by atoms with E-state index in [1.165, 1.54) is 11.0 Å². The molecule has 1 saturated carbocycles. The number of nitrogens with zero attached hydrogens (tertiary/aromatic N) is 1. The number of carboxylic acids is 1. The molecule has 0 saturated heterocycles. The van der Waals surface area contributed by atoms with Crippen molar-refractivity contribution in [2.75, 3.05) is 18.9 Å². The highest BCUT2D eigenvalue weighted by molar-refractivity contribution is 6.00. The van der Waals surface area contributed by atoms with Crippen molar-refractivity contribution in [2.24, 2.45) is 5.92 Å². The molecule has 0 heterocycles. The Morgan fingerprint density at radius 1 is 1.38 bits per heavy atom. The van der Waals surface area contributed by atoms with E-state index in [-0.39, 0.29) is 17.7 Å². The smallest absolute Gasteiger partial charge is 0.337 e. The molecule has 3 N–H and O–H groups in total. The number of rotatable bonds is 4. The zero-order chi connectivity index (χ0) is 15.6. The molecule has 0 unspecified atom stereocenters. The number of aryl methyl sites for hydroxylation is 1. The Labute approximate surface area is 123 Å². The molecule has 1 aromatic carbocycles. The lowest BCUT2D eigenvalue weighted by molar-refractivity contribution is 0.0332. The number of aromatic carboxylic acids is 1. The van der Waals surface area contributed by atoms with Crippen molar-refractivity contribution in [3.05, 3.63) is 29.3 Å². The van der Waals surface area contributed by atoms with Crippen LogP contribution in [0.3, 0.4) is 0 Å². The van der Waals surface area contributed by atoms with Crippen molar-refractivity contribution in [3.63, 3.8) is 0 Å². The number of hydrogen-bond donors (Lipinski definition) is 3. The normalized spacial score (nSPS) is 20.5. The van der Waals surface area contributed by atoms with Crippen LogP contribution in [0, 0.1) is 12.8 Å². The summed E-state index contributed by atoms with van der Waals surface area (Å²) in [4.78, 5) is 24.8. The maximum atomic E-state index is 12.1. The van der Waals surface area contributed by atoms with Crippen LogP contribution in [-0.2, 0) is 0 Å². The van der Waals surface area contributed by atoms with E-state index >= 15 is 0 Å². The molecule has 21 heavy (non-hydrogen) atoms. The number of urea groups is 1. The minimum absolute atomic E-state index is 0.0795. The summed E-state index contributed by atoms with van der Waals surface area (Å²) in [6.45, 7) is 2.35. The maximum absolute atomic E-state index is 12.1. The van der Waals surface area contributed by atoms with Crippen LogP contribution in [0.25, 0.3) is 0 Å². The fourth-order valence-electron chi connectivity index (χ4n) is 2.47. The number of amides is 2. The first-order valence-corrected chi connectivity index (χ1v) is 6.91. The predicted molar refractivity (Wildman–Crippen MR) is 78.5 cm³/mol. The first kappa shape index (κ1) is 15.3. The van der Waals surface area contributed by atoms with Gasteiger partial charge in [-0.15, -0.1) is 0 Å². The molecule has 2 amide bonds. The van der Waals surface area contributed by atoms with Gasteiger partial charge in [0, 0.05) is 13.6 Å². The molecule has 0 aliphatic heterocycles. The average Bonchev–Trinajstić information content (AvgIpc) is 2.38. The number of carbonyl (C=O) groups is 2. The van der Waals surface area contributed by atoms with Crippen molar-refractivity contribution in [1.29, 1.82) is 0 Å². The van der Waals surface area contributed by atoms with E-state index in [1.54, 1.807) is 26.1 Å². The topological polar surface area (TPSA) is 89.9 Å². The van der Waals surface area contributed by atoms with E-state index in [0.717, 1.165) is 5.56 Å². The first-order chi connectivity index (χ1) is 9.86. The highest BCUT2D eigenvalue weighted by atomic mass is 16.4. The first-order valence-electron chi connectivity index (χ1n) is 6.91. The van der Waals surface area contributed by atoms with Crippen LogP contribution in [0.4, 0.5) is 10.5 Å². The van der Waals surface area contributed by atoms with Gasteiger partial charge in [-0.05, 0) is 37.8 Å². The number of benzene rings is 1. The molecule has 6 heteroatoms. The molecule has 1 fully saturated rings. The molecular formula is C15H20N2O4. The summed E-state index contributed by atoms with van der Waals surface area (Å²) >= 11 is 0. The van der Waals surface area contributed by atoms with Gasteiger partial charge in [-0.3, -0.25) is 0 Å². The van der Waals surface area contributed by atoms with Gasteiger partial charge < -0.3 is 20.4 Å². The van der Waals surface area contributed by atoms with Crippen LogP contribution in [-0.4, -0.2) is 46.8 Å². The van der Waals surface area contributed by atoms with Crippen molar-refractivity contribution >= 4 is 17.7 Å². The van der Waals surface area contributed by atoms with Gasteiger partial charge >= 0.3 is 12.0 Å². The molecule has 0 atom stereocenters. The van der Waals surface area contributed by atoms with Gasteiger partial charge in [-0.1, -0.05) is 11.6 Å². The van der Waals surface area contributed by atoms with Gasteiger partial charge in [0.25, 0.3) is 0 Å². The Morgan fingerprint density at radius 2 is 2.05 bits per heavy atom. The molecule has 0 aromatic heterocycles. The van der Waals surface area contributed by atoms with E-state index < -0.39 is 5.97 Å². The van der Waals surface area contributed by atoms with Crippen LogP contribution < -0.4 is 5.32 Å². The molecular weight excluding hydrogens is 272 g/mol. The SMILES string of the molecule is Cc1ccc(NC(=O)N(C)CC2CC(O)C2)c(C(=O)O)c1. The molecule has 0 radical (unpaired) electrons. The Kier molecular flexibility index (Phi) is 4.47. The van der Waals surface area contributed by atoms with E-state index in [1.807, 2.05) is 0 Å². The van der Waals surface area contributed by atoms with Crippen molar-refractivity contribution < 1.29 is 19.8 Å². The molecule has 2 rings (SSSR count). The summed E-state index contributed by atoms with van der Waals surface area (Å²) in [5.41, 5.74) is 1.19. The third-order valence-electron chi connectivity index (χ3n) is 3.74. The third-order valence-corrected chi connectivity index (χ3v) is 3.74. The standard InChI is InChI=1S/C15H20N2O4/c1-9-3-4-13(12(5-9)14(19)20)16-15(21)17(2)8-10-6-11(18)7-10/h3-5,10-11,18H,6-8H2,1-2H3,(H,16,21)(H,19,20). The second-order valence-corrected chi connectivity index (χ2v) is 5.66. The number of aliphatic hydroxyl groups is 1. The summed E-state index contributed by atoms with van der Waals surface area (Å²) in [6, 6.07) is 4.53. The lowest BCUT2D eigenvalue weighted by atomic mass is 9.82. The second kappa shape index (κ2) is 6.13. The number of carbonyl (C=O) groups excluding carboxylic acids is 1. The Bertz CT molecular complexity index is 553. The van der Waals surface area contributed by atoms with Gasteiger partial charge in [0.2, 0.25) is 0 Å². The summed E-state index contributed by atoms with van der Waals surface area (Å²) in [7, 11) is 1.66. The average molecular weight is 292 g/mol. The minimum atomic E-state index is -1.07. The molecule has 1 aliphatic rings. The Hall–Kier alpha value is -2.08. The van der Waals surface area contributed by atoms with E-state index in [4.69, 9.17) is 0 Å². The van der Waals surface area contributed by atoms with Crippen molar-refractivity contribution in [2.45, 2.75) is 25.9 Å². The number of nitrogens with one attached hydrogen (secondary N) is 1. The highest BCUT2D eigenvalue weighted by Crippen LogP contribution is 2.27. The number of aliphatic hydroxyl groups excluding tert-OH is 1. The second-order valence-electron chi connectivity index (χ2n) is 5.66. The molecule has 0 bridgehead atoms. The zero-order valence-electron chi connectivity index (χ0n) is 12.2. The van der Waals surface area contributed by atoms with Gasteiger partial charge in [-0.2, -0.15) is 0 Å². The largest absolute Gasteiger partial charge is 0.478 e. The molecule has 114 valence electrons. The minimum Gasteiger partial charge on any atom is -0.478 e. The van der Waals surface area contributed by atoms with E-state index in [0.29, 0.717) is 31.0 Å². The van der Waals surface area contributed by atoms with Crippen LogP contribution >= 0.6 is 0 Å². The Morgan fingerprint density at radius 3 is 2.62 bits per heavy atom. The maximum Gasteiger partial charge on any atom is 0.337 e. The predicted octanol–water partition coefficient (Wildman–Crippen LogP) is 1.93. The van der Waals surface area contributed by atoms with Crippen LogP contribution in [0.1, 0.15) is 28.8 Å². The van der Waals surface area contributed by atoms with Gasteiger partial charge in [-0.25, -0.2) is 9.59 Å². The number of anilines is 1. The monoisotopic (exact) mass is 292 g/mol. The van der Waals surface area contributed by atoms with Crippen molar-refractivity contribution in [3.8, 4) is 0 Å². The number of hydrogen-bond acceptors (Lipinski definition) is 3. The third kappa shape index (κ3) is 3.72. The lowest BCUT2D eigenvalue weighted by Gasteiger charge is -2.34. The van der Waals surface area contributed by atoms with Gasteiger partial charge in [0.15, 0.2) is 0 Å². The lowest BCUT2D eigenvalue weighted by Crippen LogP contribution is -2.41. The van der Waals surface area contributed by atoms with Gasteiger partial charge in [0.1, 0.15) is 0 Å². The molecule has 1 aliphatic carbocycles. The highest BCUT2D eigenvalue weighted by Gasteiger charge is 2.29. The molecule has 6 nitrogen and oxygen atoms in total. The van der Waals surface area contributed by atoms with E-state index in [2.05, 4.69) is 5.32 Å². The molecule has 1 aromatic rings. The van der Waals surface area contributed by atoms with Crippen molar-refractivity contribution in [1.82, 2.24) is 4.90 Å². The van der Waals surface area contributed by atoms with Gasteiger partial charge in [0.05, 0.1) is 17.4 Å². The fourth-order valence-corrected chi connectivity index (χ4v) is 2.47.